The quantitative estimate of drug-likeness (QED) is 0.584. The van der Waals surface area contributed by atoms with Crippen molar-refractivity contribution in [3.05, 3.63) is 78.9 Å². The first kappa shape index (κ1) is 14.3. The van der Waals surface area contributed by atoms with Crippen LogP contribution in [0, 0.1) is 5.82 Å². The Labute approximate surface area is 138 Å². The largest absolute Gasteiger partial charge is 0.383 e. The second-order valence-electron chi connectivity index (χ2n) is 5.54. The van der Waals surface area contributed by atoms with Gasteiger partial charge >= 0.3 is 0 Å². The predicted octanol–water partition coefficient (Wildman–Crippen LogP) is 4.69. The molecule has 0 bridgehead atoms. The van der Waals surface area contributed by atoms with E-state index in [1.54, 1.807) is 18.5 Å². The van der Waals surface area contributed by atoms with Gasteiger partial charge in [0.1, 0.15) is 11.6 Å². The van der Waals surface area contributed by atoms with E-state index >= 15 is 0 Å². The Morgan fingerprint density at radius 2 is 1.71 bits per heavy atom. The SMILES string of the molecule is Nc1nccc2ccc(-c3cccnc3-c3cccc(F)c3)cc12. The van der Waals surface area contributed by atoms with E-state index in [0.717, 1.165) is 33.2 Å². The first-order chi connectivity index (χ1) is 11.7. The average Bonchev–Trinajstić information content (AvgIpc) is 2.62. The van der Waals surface area contributed by atoms with Gasteiger partial charge in [-0.15, -0.1) is 0 Å². The van der Waals surface area contributed by atoms with Crippen molar-refractivity contribution in [2.24, 2.45) is 0 Å². The molecule has 0 aliphatic rings. The van der Waals surface area contributed by atoms with E-state index < -0.39 is 0 Å². The lowest BCUT2D eigenvalue weighted by Gasteiger charge is -2.10. The summed E-state index contributed by atoms with van der Waals surface area (Å²) in [7, 11) is 0. The molecule has 2 aromatic heterocycles. The van der Waals surface area contributed by atoms with Gasteiger partial charge in [-0.3, -0.25) is 4.98 Å². The summed E-state index contributed by atoms with van der Waals surface area (Å²) in [4.78, 5) is 8.60. The number of fused-ring (bicyclic) bond motifs is 1. The van der Waals surface area contributed by atoms with Crippen LogP contribution in [0.4, 0.5) is 10.2 Å². The Balaban J connectivity index is 1.93. The maximum Gasteiger partial charge on any atom is 0.131 e. The van der Waals surface area contributed by atoms with Crippen molar-refractivity contribution >= 4 is 16.6 Å². The molecule has 4 aromatic rings. The van der Waals surface area contributed by atoms with Gasteiger partial charge in [0.25, 0.3) is 0 Å². The number of hydrogen-bond acceptors (Lipinski definition) is 3. The summed E-state index contributed by atoms with van der Waals surface area (Å²) in [5.41, 5.74) is 9.36. The standard InChI is InChI=1S/C20H14FN3/c21-16-4-1-3-15(11-16)19-17(5-2-9-23-19)14-7-6-13-8-10-24-20(22)18(13)12-14/h1-12H,(H2,22,24). The minimum atomic E-state index is -0.281. The number of nitrogens with zero attached hydrogens (tertiary/aromatic N) is 2. The highest BCUT2D eigenvalue weighted by molar-refractivity contribution is 5.95. The molecule has 2 N–H and O–H groups in total. The van der Waals surface area contributed by atoms with Crippen molar-refractivity contribution < 1.29 is 4.39 Å². The number of halogens is 1. The number of pyridine rings is 2. The first-order valence-corrected chi connectivity index (χ1v) is 7.58. The van der Waals surface area contributed by atoms with Crippen LogP contribution in [0.2, 0.25) is 0 Å². The summed E-state index contributed by atoms with van der Waals surface area (Å²) in [5.74, 6) is 0.210. The normalized spacial score (nSPS) is 10.9. The zero-order chi connectivity index (χ0) is 16.5. The Morgan fingerprint density at radius 1 is 0.792 bits per heavy atom. The fourth-order valence-electron chi connectivity index (χ4n) is 2.86. The summed E-state index contributed by atoms with van der Waals surface area (Å²) >= 11 is 0. The van der Waals surface area contributed by atoms with E-state index in [2.05, 4.69) is 9.97 Å². The van der Waals surface area contributed by atoms with Gasteiger partial charge in [-0.1, -0.05) is 30.3 Å². The lowest BCUT2D eigenvalue weighted by Crippen LogP contribution is -1.93. The number of anilines is 1. The smallest absolute Gasteiger partial charge is 0.131 e. The van der Waals surface area contributed by atoms with Crippen LogP contribution < -0.4 is 5.73 Å². The second-order valence-corrected chi connectivity index (χ2v) is 5.54. The molecule has 0 amide bonds. The molecule has 0 saturated carbocycles. The molecule has 3 nitrogen and oxygen atoms in total. The molecule has 0 fully saturated rings. The molecule has 2 heterocycles. The lowest BCUT2D eigenvalue weighted by molar-refractivity contribution is 0.628. The molecule has 116 valence electrons. The highest BCUT2D eigenvalue weighted by Gasteiger charge is 2.10. The van der Waals surface area contributed by atoms with Crippen LogP contribution in [0.25, 0.3) is 33.2 Å². The maximum absolute atomic E-state index is 13.6. The second kappa shape index (κ2) is 5.74. The molecule has 0 radical (unpaired) electrons. The number of benzene rings is 2. The zero-order valence-corrected chi connectivity index (χ0v) is 12.8. The van der Waals surface area contributed by atoms with Crippen LogP contribution in [-0.4, -0.2) is 9.97 Å². The maximum atomic E-state index is 13.6. The monoisotopic (exact) mass is 315 g/mol. The summed E-state index contributed by atoms with van der Waals surface area (Å²) in [5, 5.41) is 1.92. The molecule has 0 atom stereocenters. The molecule has 2 aromatic carbocycles. The minimum absolute atomic E-state index is 0.281. The van der Waals surface area contributed by atoms with Gasteiger partial charge in [0.2, 0.25) is 0 Å². The molecular formula is C20H14FN3. The van der Waals surface area contributed by atoms with Crippen molar-refractivity contribution in [2.75, 3.05) is 5.73 Å². The molecule has 24 heavy (non-hydrogen) atoms. The summed E-state index contributed by atoms with van der Waals surface area (Å²) in [6.45, 7) is 0. The predicted molar refractivity (Wildman–Crippen MR) is 94.8 cm³/mol. The van der Waals surface area contributed by atoms with Crippen LogP contribution in [0.5, 0.6) is 0 Å². The van der Waals surface area contributed by atoms with Crippen molar-refractivity contribution in [3.63, 3.8) is 0 Å². The lowest BCUT2D eigenvalue weighted by atomic mass is 9.97. The van der Waals surface area contributed by atoms with Crippen molar-refractivity contribution in [2.45, 2.75) is 0 Å². The first-order valence-electron chi connectivity index (χ1n) is 7.58. The third kappa shape index (κ3) is 2.48. The number of aromatic nitrogens is 2. The molecule has 4 heteroatoms. The molecule has 0 aliphatic heterocycles. The fourth-order valence-corrected chi connectivity index (χ4v) is 2.86. The van der Waals surface area contributed by atoms with Crippen LogP contribution in [0.1, 0.15) is 0 Å². The average molecular weight is 315 g/mol. The minimum Gasteiger partial charge on any atom is -0.383 e. The van der Waals surface area contributed by atoms with Gasteiger partial charge in [-0.2, -0.15) is 0 Å². The highest BCUT2D eigenvalue weighted by atomic mass is 19.1. The Morgan fingerprint density at radius 3 is 2.58 bits per heavy atom. The number of hydrogen-bond donors (Lipinski definition) is 1. The van der Waals surface area contributed by atoms with Crippen LogP contribution in [0.15, 0.2) is 73.1 Å². The van der Waals surface area contributed by atoms with Gasteiger partial charge in [-0.25, -0.2) is 9.37 Å². The number of nitrogen functional groups attached to an aromatic ring is 1. The molecule has 0 unspecified atom stereocenters. The molecule has 4 rings (SSSR count). The topological polar surface area (TPSA) is 51.8 Å². The molecular weight excluding hydrogens is 301 g/mol. The van der Waals surface area contributed by atoms with Crippen LogP contribution >= 0.6 is 0 Å². The van der Waals surface area contributed by atoms with Crippen molar-refractivity contribution in [3.8, 4) is 22.4 Å². The van der Waals surface area contributed by atoms with Gasteiger partial charge in [0.15, 0.2) is 0 Å². The third-order valence-corrected chi connectivity index (χ3v) is 4.01. The Kier molecular flexibility index (Phi) is 3.43. The molecule has 0 aliphatic carbocycles. The van der Waals surface area contributed by atoms with E-state index in [4.69, 9.17) is 5.73 Å². The Hall–Kier alpha value is -3.27. The van der Waals surface area contributed by atoms with E-state index in [1.807, 2.05) is 42.5 Å². The van der Waals surface area contributed by atoms with E-state index in [0.29, 0.717) is 5.82 Å². The zero-order valence-electron chi connectivity index (χ0n) is 12.8. The van der Waals surface area contributed by atoms with Crippen molar-refractivity contribution in [1.29, 1.82) is 0 Å². The number of nitrogens with two attached hydrogens (primary N) is 1. The fraction of sp³-hybridized carbons (Fsp3) is 0. The van der Waals surface area contributed by atoms with Gasteiger partial charge in [0.05, 0.1) is 5.69 Å². The van der Waals surface area contributed by atoms with Crippen molar-refractivity contribution in [1.82, 2.24) is 9.97 Å². The van der Waals surface area contributed by atoms with Gasteiger partial charge < -0.3 is 5.73 Å². The van der Waals surface area contributed by atoms with Crippen LogP contribution in [0.3, 0.4) is 0 Å². The van der Waals surface area contributed by atoms with Crippen LogP contribution in [-0.2, 0) is 0 Å². The molecule has 0 spiro atoms. The van der Waals surface area contributed by atoms with Gasteiger partial charge in [0, 0.05) is 28.9 Å². The molecule has 0 saturated heterocycles. The number of rotatable bonds is 2. The third-order valence-electron chi connectivity index (χ3n) is 4.01. The van der Waals surface area contributed by atoms with E-state index in [1.165, 1.54) is 12.1 Å². The van der Waals surface area contributed by atoms with Gasteiger partial charge in [-0.05, 0) is 41.3 Å². The highest BCUT2D eigenvalue weighted by Crippen LogP contribution is 2.33. The summed E-state index contributed by atoms with van der Waals surface area (Å²) in [6, 6.07) is 18.2. The summed E-state index contributed by atoms with van der Waals surface area (Å²) < 4.78 is 13.6. The van der Waals surface area contributed by atoms with E-state index in [9.17, 15) is 4.39 Å². The van der Waals surface area contributed by atoms with E-state index in [-0.39, 0.29) is 5.82 Å². The summed E-state index contributed by atoms with van der Waals surface area (Å²) in [6.07, 6.45) is 3.40. The Bertz CT molecular complexity index is 1040.